The fourth-order valence-electron chi connectivity index (χ4n) is 2.15. The normalized spacial score (nSPS) is 9.89. The van der Waals surface area contributed by atoms with E-state index < -0.39 is 27.1 Å². The summed E-state index contributed by atoms with van der Waals surface area (Å²) in [6, 6.07) is 11.1. The zero-order valence-corrected chi connectivity index (χ0v) is 14.0. The molecule has 0 heterocycles. The molecule has 0 fully saturated rings. The molecule has 1 N–H and O–H groups in total. The Hall–Kier alpha value is -4.00. The molecule has 2 aromatic carbocycles. The Balaban J connectivity index is 2.16. The van der Waals surface area contributed by atoms with Gasteiger partial charge in [0.2, 0.25) is 0 Å². The number of hydrogen-bond acceptors (Lipinski definition) is 7. The molecule has 0 aromatic heterocycles. The average molecular weight is 370 g/mol. The number of ether oxygens (including phenoxy) is 1. The Morgan fingerprint density at radius 3 is 2.37 bits per heavy atom. The zero-order chi connectivity index (χ0) is 19.8. The fourth-order valence-corrected chi connectivity index (χ4v) is 2.15. The number of unbranched alkanes of at least 4 members (excludes halogenated alkanes) is 1. The van der Waals surface area contributed by atoms with Crippen molar-refractivity contribution in [2.45, 2.75) is 12.8 Å². The first-order valence-corrected chi connectivity index (χ1v) is 7.76. The lowest BCUT2D eigenvalue weighted by Gasteiger charge is -2.09. The van der Waals surface area contributed by atoms with E-state index >= 15 is 0 Å². The van der Waals surface area contributed by atoms with Gasteiger partial charge in [-0.25, -0.2) is 0 Å². The van der Waals surface area contributed by atoms with Gasteiger partial charge < -0.3 is 10.1 Å². The summed E-state index contributed by atoms with van der Waals surface area (Å²) in [5.74, 6) is -0.265. The maximum atomic E-state index is 12.3. The van der Waals surface area contributed by atoms with Gasteiger partial charge in [-0.05, 0) is 18.6 Å². The minimum atomic E-state index is -0.806. The van der Waals surface area contributed by atoms with Crippen LogP contribution < -0.4 is 10.1 Å². The lowest BCUT2D eigenvalue weighted by molar-refractivity contribution is -0.394. The highest BCUT2D eigenvalue weighted by Crippen LogP contribution is 2.24. The number of anilines is 1. The van der Waals surface area contributed by atoms with Gasteiger partial charge in [-0.1, -0.05) is 6.07 Å². The highest BCUT2D eigenvalue weighted by molar-refractivity contribution is 6.05. The van der Waals surface area contributed by atoms with Crippen molar-refractivity contribution in [1.29, 1.82) is 5.26 Å². The van der Waals surface area contributed by atoms with Crippen LogP contribution in [0.3, 0.4) is 0 Å². The Bertz CT molecular complexity index is 890. The number of nitro groups is 2. The largest absolute Gasteiger partial charge is 0.493 e. The van der Waals surface area contributed by atoms with Crippen LogP contribution in [0.1, 0.15) is 23.2 Å². The van der Waals surface area contributed by atoms with Gasteiger partial charge in [0.05, 0.1) is 34.2 Å². The molecule has 0 saturated heterocycles. The molecule has 0 saturated carbocycles. The molecule has 2 rings (SSSR count). The van der Waals surface area contributed by atoms with Crippen molar-refractivity contribution in [3.05, 3.63) is 68.3 Å². The van der Waals surface area contributed by atoms with Crippen molar-refractivity contribution >= 4 is 23.0 Å². The van der Waals surface area contributed by atoms with E-state index in [0.29, 0.717) is 30.9 Å². The highest BCUT2D eigenvalue weighted by Gasteiger charge is 2.20. The summed E-state index contributed by atoms with van der Waals surface area (Å²) in [6.07, 6.45) is 0.923. The molecule has 0 aliphatic carbocycles. The number of benzene rings is 2. The predicted octanol–water partition coefficient (Wildman–Crippen LogP) is 3.44. The molecular formula is C17H14N4O6. The first-order valence-electron chi connectivity index (χ1n) is 7.76. The second-order valence-electron chi connectivity index (χ2n) is 5.34. The topological polar surface area (TPSA) is 148 Å². The molecule has 0 bridgehead atoms. The number of nitrogens with zero attached hydrogens (tertiary/aromatic N) is 3. The third-order valence-electron chi connectivity index (χ3n) is 3.38. The molecule has 0 aliphatic heterocycles. The summed E-state index contributed by atoms with van der Waals surface area (Å²) in [7, 11) is 0. The number of rotatable bonds is 8. The number of nitriles is 1. The summed E-state index contributed by atoms with van der Waals surface area (Å²) in [4.78, 5) is 32.6. The predicted molar refractivity (Wildman–Crippen MR) is 94.5 cm³/mol. The minimum absolute atomic E-state index is 0.212. The number of non-ortho nitro benzene ring substituents is 2. The molecule has 1 amide bonds. The van der Waals surface area contributed by atoms with Crippen LogP contribution in [-0.4, -0.2) is 22.4 Å². The van der Waals surface area contributed by atoms with E-state index in [4.69, 9.17) is 10.00 Å². The van der Waals surface area contributed by atoms with Crippen LogP contribution >= 0.6 is 0 Å². The van der Waals surface area contributed by atoms with E-state index in [1.807, 2.05) is 6.07 Å². The smallest absolute Gasteiger partial charge is 0.277 e. The maximum absolute atomic E-state index is 12.3. The fraction of sp³-hybridized carbons (Fsp3) is 0.176. The van der Waals surface area contributed by atoms with Crippen LogP contribution in [0.25, 0.3) is 0 Å². The van der Waals surface area contributed by atoms with E-state index in [1.165, 1.54) is 6.07 Å². The summed E-state index contributed by atoms with van der Waals surface area (Å²) < 4.78 is 5.46. The number of amides is 1. The van der Waals surface area contributed by atoms with E-state index in [0.717, 1.165) is 18.2 Å². The van der Waals surface area contributed by atoms with Gasteiger partial charge in [0.25, 0.3) is 17.3 Å². The van der Waals surface area contributed by atoms with Crippen LogP contribution in [0.5, 0.6) is 5.75 Å². The van der Waals surface area contributed by atoms with E-state index in [2.05, 4.69) is 5.32 Å². The third-order valence-corrected chi connectivity index (χ3v) is 3.38. The Labute approximate surface area is 153 Å². The van der Waals surface area contributed by atoms with E-state index in [-0.39, 0.29) is 5.56 Å². The number of carbonyl (C=O) groups is 1. The number of nitro benzene ring substituents is 2. The number of nitrogens with one attached hydrogen (secondary N) is 1. The van der Waals surface area contributed by atoms with Crippen LogP contribution in [0.2, 0.25) is 0 Å². The van der Waals surface area contributed by atoms with Crippen LogP contribution in [0, 0.1) is 31.6 Å². The number of carbonyl (C=O) groups excluding carboxylic acids is 1. The van der Waals surface area contributed by atoms with Gasteiger partial charge in [-0.15, -0.1) is 0 Å². The van der Waals surface area contributed by atoms with Gasteiger partial charge in [-0.2, -0.15) is 5.26 Å². The lowest BCUT2D eigenvalue weighted by Crippen LogP contribution is -2.12. The summed E-state index contributed by atoms with van der Waals surface area (Å²) in [5, 5.41) is 32.8. The molecule has 138 valence electrons. The van der Waals surface area contributed by atoms with E-state index in [1.54, 1.807) is 18.2 Å². The summed E-state index contributed by atoms with van der Waals surface area (Å²) >= 11 is 0. The standard InChI is InChI=1S/C17H14N4O6/c18-6-1-2-7-27-16-5-3-4-13(10-16)19-17(22)12-8-14(20(23)24)11-15(9-12)21(25)26/h3-5,8-11H,1-2,7H2,(H,19,22). The molecular weight excluding hydrogens is 356 g/mol. The van der Waals surface area contributed by atoms with Crippen molar-refractivity contribution in [2.75, 3.05) is 11.9 Å². The summed E-state index contributed by atoms with van der Waals surface area (Å²) in [5.41, 5.74) is -0.962. The van der Waals surface area contributed by atoms with E-state index in [9.17, 15) is 25.0 Å². The number of hydrogen-bond donors (Lipinski definition) is 1. The Morgan fingerprint density at radius 1 is 1.11 bits per heavy atom. The Kier molecular flexibility index (Phi) is 6.38. The van der Waals surface area contributed by atoms with Crippen molar-refractivity contribution < 1.29 is 19.4 Å². The molecule has 10 nitrogen and oxygen atoms in total. The molecule has 0 spiro atoms. The lowest BCUT2D eigenvalue weighted by atomic mass is 10.1. The molecule has 0 aliphatic rings. The molecule has 27 heavy (non-hydrogen) atoms. The molecule has 10 heteroatoms. The monoisotopic (exact) mass is 370 g/mol. The molecule has 0 atom stereocenters. The van der Waals surface area contributed by atoms with Gasteiger partial charge >= 0.3 is 0 Å². The first-order chi connectivity index (χ1) is 12.9. The van der Waals surface area contributed by atoms with Crippen LogP contribution in [-0.2, 0) is 0 Å². The van der Waals surface area contributed by atoms with Gasteiger partial charge in [0.15, 0.2) is 0 Å². The highest BCUT2D eigenvalue weighted by atomic mass is 16.6. The molecule has 0 radical (unpaired) electrons. The molecule has 2 aromatic rings. The zero-order valence-electron chi connectivity index (χ0n) is 14.0. The van der Waals surface area contributed by atoms with Crippen LogP contribution in [0.15, 0.2) is 42.5 Å². The van der Waals surface area contributed by atoms with Crippen molar-refractivity contribution in [2.24, 2.45) is 0 Å². The third kappa shape index (κ3) is 5.50. The van der Waals surface area contributed by atoms with Crippen molar-refractivity contribution in [1.82, 2.24) is 0 Å². The average Bonchev–Trinajstić information content (AvgIpc) is 2.65. The van der Waals surface area contributed by atoms with Crippen LogP contribution in [0.4, 0.5) is 17.1 Å². The first kappa shape index (κ1) is 19.3. The van der Waals surface area contributed by atoms with Gasteiger partial charge in [-0.3, -0.25) is 25.0 Å². The van der Waals surface area contributed by atoms with Crippen molar-refractivity contribution in [3.63, 3.8) is 0 Å². The SMILES string of the molecule is N#CCCCOc1cccc(NC(=O)c2cc([N+](=O)[O-])cc([N+](=O)[O-])c2)c1. The van der Waals surface area contributed by atoms with Gasteiger partial charge in [0, 0.05) is 30.3 Å². The maximum Gasteiger partial charge on any atom is 0.277 e. The summed E-state index contributed by atoms with van der Waals surface area (Å²) in [6.45, 7) is 0.335. The quantitative estimate of drug-likeness (QED) is 0.425. The Morgan fingerprint density at radius 2 is 1.78 bits per heavy atom. The van der Waals surface area contributed by atoms with Crippen molar-refractivity contribution in [3.8, 4) is 11.8 Å². The second-order valence-corrected chi connectivity index (χ2v) is 5.34. The minimum Gasteiger partial charge on any atom is -0.493 e. The molecule has 0 unspecified atom stereocenters. The van der Waals surface area contributed by atoms with Gasteiger partial charge in [0.1, 0.15) is 5.75 Å². The second kappa shape index (κ2) is 8.91.